The van der Waals surface area contributed by atoms with Crippen LogP contribution < -0.4 is 19.9 Å². The largest absolute Gasteiger partial charge is 0.497 e. The minimum atomic E-state index is -4.24. The predicted molar refractivity (Wildman–Crippen MR) is 156 cm³/mol. The van der Waals surface area contributed by atoms with Gasteiger partial charge in [-0.1, -0.05) is 44.9 Å². The lowest BCUT2D eigenvalue weighted by atomic mass is 9.84. The van der Waals surface area contributed by atoms with Gasteiger partial charge in [0.2, 0.25) is 22.5 Å². The molecular formula is C30H41N3O7S. The van der Waals surface area contributed by atoms with Gasteiger partial charge in [-0.15, -0.1) is 0 Å². The smallest absolute Gasteiger partial charge is 0.333 e. The van der Waals surface area contributed by atoms with Gasteiger partial charge in [0.05, 0.1) is 19.4 Å². The molecule has 0 radical (unpaired) electrons. The zero-order valence-corrected chi connectivity index (χ0v) is 24.9. The summed E-state index contributed by atoms with van der Waals surface area (Å²) in [4.78, 5) is 29.7. The van der Waals surface area contributed by atoms with Crippen molar-refractivity contribution < 1.29 is 32.2 Å². The third-order valence-corrected chi connectivity index (χ3v) is 9.44. The summed E-state index contributed by atoms with van der Waals surface area (Å²) in [5.41, 5.74) is 7.00. The van der Waals surface area contributed by atoms with Gasteiger partial charge >= 0.3 is 5.24 Å². The topological polar surface area (TPSA) is 128 Å². The number of nitrogens with zero attached hydrogens (tertiary/aromatic N) is 2. The lowest BCUT2D eigenvalue weighted by molar-refractivity contribution is -0.133. The molecule has 0 spiro atoms. The highest BCUT2D eigenvalue weighted by Crippen LogP contribution is 2.48. The number of amides is 2. The van der Waals surface area contributed by atoms with Crippen molar-refractivity contribution in [1.82, 2.24) is 9.80 Å². The van der Waals surface area contributed by atoms with Crippen LogP contribution in [0.5, 0.6) is 17.2 Å². The summed E-state index contributed by atoms with van der Waals surface area (Å²) < 4.78 is 42.4. The van der Waals surface area contributed by atoms with E-state index < -0.39 is 32.8 Å². The molecule has 224 valence electrons. The van der Waals surface area contributed by atoms with Crippen LogP contribution in [-0.2, 0) is 14.6 Å². The molecule has 2 N–H and O–H groups in total. The van der Waals surface area contributed by atoms with Gasteiger partial charge in [-0.2, -0.15) is 0 Å². The number of carbonyl (C=O) groups excluding carboxylic acids is 2. The Morgan fingerprint density at radius 2 is 1.63 bits per heavy atom. The first-order valence-corrected chi connectivity index (χ1v) is 15.9. The lowest BCUT2D eigenvalue weighted by Crippen LogP contribution is -2.42. The first-order valence-electron chi connectivity index (χ1n) is 14.3. The highest BCUT2D eigenvalue weighted by molar-refractivity contribution is 8.05. The van der Waals surface area contributed by atoms with E-state index in [1.807, 2.05) is 52.3 Å². The van der Waals surface area contributed by atoms with Gasteiger partial charge in [-0.05, 0) is 48.2 Å². The zero-order chi connectivity index (χ0) is 29.6. The molecule has 1 fully saturated rings. The maximum absolute atomic E-state index is 13.7. The number of likely N-dealkylation sites (tertiary alicyclic amines) is 1. The molecule has 0 unspecified atom stereocenters. The summed E-state index contributed by atoms with van der Waals surface area (Å²) >= 11 is 0. The summed E-state index contributed by atoms with van der Waals surface area (Å²) in [5, 5.41) is -1.35. The third kappa shape index (κ3) is 7.13. The number of hydrogen-bond donors (Lipinski definition) is 1. The van der Waals surface area contributed by atoms with Crippen LogP contribution in [0.1, 0.15) is 62.6 Å². The van der Waals surface area contributed by atoms with Gasteiger partial charge in [0, 0.05) is 37.5 Å². The summed E-state index contributed by atoms with van der Waals surface area (Å²) in [7, 11) is -2.67. The number of rotatable bonds is 13. The number of unbranched alkanes of at least 4 members (excludes halogenated alkanes) is 2. The number of hydrogen-bond acceptors (Lipinski definition) is 8. The molecule has 0 aliphatic carbocycles. The molecule has 41 heavy (non-hydrogen) atoms. The molecule has 11 heteroatoms. The monoisotopic (exact) mass is 587 g/mol. The first-order chi connectivity index (χ1) is 19.7. The molecule has 1 saturated heterocycles. The third-order valence-electron chi connectivity index (χ3n) is 8.00. The number of benzene rings is 2. The van der Waals surface area contributed by atoms with E-state index in [0.717, 1.165) is 36.8 Å². The summed E-state index contributed by atoms with van der Waals surface area (Å²) in [5.74, 6) is 0.542. The Hall–Kier alpha value is -3.31. The quantitative estimate of drug-likeness (QED) is 0.371. The Labute approximate surface area is 242 Å². The molecule has 2 aromatic rings. The van der Waals surface area contributed by atoms with Crippen molar-refractivity contribution in [3.63, 3.8) is 0 Å². The molecule has 2 aromatic carbocycles. The van der Waals surface area contributed by atoms with Gasteiger partial charge in [0.1, 0.15) is 5.75 Å². The average Bonchev–Trinajstić information content (AvgIpc) is 3.57. The number of carbonyl (C=O) groups is 2. The molecule has 2 aliphatic heterocycles. The molecule has 4 rings (SSSR count). The fourth-order valence-corrected chi connectivity index (χ4v) is 6.87. The van der Waals surface area contributed by atoms with Crippen molar-refractivity contribution in [3.05, 3.63) is 53.6 Å². The number of nitrogens with two attached hydrogens (primary N) is 1. The van der Waals surface area contributed by atoms with Crippen LogP contribution in [0.2, 0.25) is 0 Å². The van der Waals surface area contributed by atoms with Crippen molar-refractivity contribution in [3.8, 4) is 17.2 Å². The van der Waals surface area contributed by atoms with Gasteiger partial charge in [-0.3, -0.25) is 14.5 Å². The van der Waals surface area contributed by atoms with E-state index in [-0.39, 0.29) is 25.2 Å². The van der Waals surface area contributed by atoms with E-state index in [1.165, 1.54) is 0 Å². The Morgan fingerprint density at radius 3 is 2.24 bits per heavy atom. The predicted octanol–water partition coefficient (Wildman–Crippen LogP) is 4.10. The average molecular weight is 588 g/mol. The second-order valence-electron chi connectivity index (χ2n) is 10.7. The summed E-state index contributed by atoms with van der Waals surface area (Å²) in [6.45, 7) is 6.21. The normalized spacial score (nSPS) is 20.2. The molecule has 0 bridgehead atoms. The molecule has 2 heterocycles. The molecule has 3 atom stereocenters. The number of fused-ring (bicyclic) bond motifs is 1. The standard InChI is InChI=1S/C30H41N3O7S/c1-4-6-14-32(15-7-5-2)28(34)18-33-17-24(22-10-13-26-27(16-22)40-20-39-26)25(19-41(36,37)30(31)35)29(33)21-8-11-23(38-3)12-9-21/h8-13,16,24-25,29H,4-7,14-15,17-20H2,1-3H3,(H2,31,35)/t24-,25+,29-/m1/s1. The fraction of sp³-hybridized carbons (Fsp3) is 0.533. The van der Waals surface area contributed by atoms with Gasteiger partial charge < -0.3 is 24.8 Å². The minimum absolute atomic E-state index is 0.00765. The van der Waals surface area contributed by atoms with Gasteiger partial charge in [-0.25, -0.2) is 8.42 Å². The Bertz CT molecular complexity index is 1310. The van der Waals surface area contributed by atoms with Crippen molar-refractivity contribution in [2.75, 3.05) is 45.8 Å². The van der Waals surface area contributed by atoms with Crippen molar-refractivity contribution in [2.24, 2.45) is 11.7 Å². The summed E-state index contributed by atoms with van der Waals surface area (Å²) in [6.07, 6.45) is 3.79. The first kappa shape index (κ1) is 30.6. The van der Waals surface area contributed by atoms with Gasteiger partial charge in [0.15, 0.2) is 11.5 Å². The van der Waals surface area contributed by atoms with Crippen molar-refractivity contribution in [2.45, 2.75) is 51.5 Å². The van der Waals surface area contributed by atoms with Crippen molar-refractivity contribution >= 4 is 21.0 Å². The van der Waals surface area contributed by atoms with Crippen LogP contribution in [0.4, 0.5) is 4.79 Å². The minimum Gasteiger partial charge on any atom is -0.497 e. The van der Waals surface area contributed by atoms with E-state index in [1.54, 1.807) is 7.11 Å². The summed E-state index contributed by atoms with van der Waals surface area (Å²) in [6, 6.07) is 12.5. The number of primary amides is 1. The van der Waals surface area contributed by atoms with E-state index >= 15 is 0 Å². The number of ether oxygens (including phenoxy) is 3. The highest BCUT2D eigenvalue weighted by atomic mass is 32.2. The van der Waals surface area contributed by atoms with E-state index in [9.17, 15) is 18.0 Å². The van der Waals surface area contributed by atoms with Crippen LogP contribution in [0.25, 0.3) is 0 Å². The lowest BCUT2D eigenvalue weighted by Gasteiger charge is -2.31. The van der Waals surface area contributed by atoms with Crippen LogP contribution >= 0.6 is 0 Å². The van der Waals surface area contributed by atoms with E-state index in [4.69, 9.17) is 19.9 Å². The highest BCUT2D eigenvalue weighted by Gasteiger charge is 2.47. The second-order valence-corrected chi connectivity index (χ2v) is 12.7. The maximum atomic E-state index is 13.7. The molecule has 2 aliphatic rings. The molecular weight excluding hydrogens is 546 g/mol. The number of sulfone groups is 1. The van der Waals surface area contributed by atoms with E-state index in [2.05, 4.69) is 13.8 Å². The molecule has 10 nitrogen and oxygen atoms in total. The van der Waals surface area contributed by atoms with Crippen LogP contribution in [0, 0.1) is 5.92 Å². The Kier molecular flexibility index (Phi) is 10.1. The Balaban J connectivity index is 1.75. The number of methoxy groups -OCH3 is 1. The fourth-order valence-electron chi connectivity index (χ4n) is 5.79. The maximum Gasteiger partial charge on any atom is 0.333 e. The van der Waals surface area contributed by atoms with Gasteiger partial charge in [0.25, 0.3) is 0 Å². The zero-order valence-electron chi connectivity index (χ0n) is 24.1. The second kappa shape index (κ2) is 13.6. The van der Waals surface area contributed by atoms with E-state index in [0.29, 0.717) is 36.9 Å². The molecule has 2 amide bonds. The Morgan fingerprint density at radius 1 is 1.00 bits per heavy atom. The van der Waals surface area contributed by atoms with Crippen LogP contribution in [0.15, 0.2) is 42.5 Å². The van der Waals surface area contributed by atoms with Crippen molar-refractivity contribution in [1.29, 1.82) is 0 Å². The molecule has 0 saturated carbocycles. The van der Waals surface area contributed by atoms with Crippen LogP contribution in [0.3, 0.4) is 0 Å². The molecule has 0 aromatic heterocycles. The SMILES string of the molecule is CCCCN(CCCC)C(=O)CN1C[C@H](c2ccc3c(c2)OCO3)[C@H](CS(=O)(=O)C(N)=O)[C@H]1c1ccc(OC)cc1. The van der Waals surface area contributed by atoms with Crippen LogP contribution in [-0.4, -0.2) is 75.2 Å².